The molecule has 0 saturated carbocycles. The summed E-state index contributed by atoms with van der Waals surface area (Å²) in [6.07, 6.45) is 6.05. The molecule has 0 unspecified atom stereocenters. The zero-order valence-electron chi connectivity index (χ0n) is 22.4. The molecule has 0 spiro atoms. The lowest BCUT2D eigenvalue weighted by Crippen LogP contribution is -2.37. The summed E-state index contributed by atoms with van der Waals surface area (Å²) in [6, 6.07) is 14.0. The Morgan fingerprint density at radius 1 is 1.07 bits per heavy atom. The van der Waals surface area contributed by atoms with Gasteiger partial charge in [-0.2, -0.15) is 0 Å². The van der Waals surface area contributed by atoms with Crippen molar-refractivity contribution in [2.24, 2.45) is 0 Å². The second-order valence-corrected chi connectivity index (χ2v) is 9.56. The number of carbonyl (C=O) groups excluding carboxylic acids is 1. The van der Waals surface area contributed by atoms with E-state index in [1.54, 1.807) is 30.5 Å². The Bertz CT molecular complexity index is 1440. The SMILES string of the molecule is Cc1ccc(NC(=O)c2cccc(CF)c2)cc1Nc1nccn1-c1cc(NCCCN2CCOCC2)ncn1. The zero-order valence-corrected chi connectivity index (χ0v) is 22.4. The summed E-state index contributed by atoms with van der Waals surface area (Å²) in [4.78, 5) is 28.4. The highest BCUT2D eigenvalue weighted by Crippen LogP contribution is 2.25. The van der Waals surface area contributed by atoms with Gasteiger partial charge in [0.15, 0.2) is 0 Å². The van der Waals surface area contributed by atoms with Crippen molar-refractivity contribution in [3.63, 3.8) is 0 Å². The molecule has 4 aromatic rings. The normalized spacial score (nSPS) is 13.7. The number of halogens is 1. The molecule has 40 heavy (non-hydrogen) atoms. The lowest BCUT2D eigenvalue weighted by molar-refractivity contribution is 0.0378. The van der Waals surface area contributed by atoms with E-state index in [4.69, 9.17) is 4.74 Å². The van der Waals surface area contributed by atoms with Gasteiger partial charge in [-0.15, -0.1) is 0 Å². The van der Waals surface area contributed by atoms with E-state index >= 15 is 0 Å². The molecule has 3 heterocycles. The number of alkyl halides is 1. The van der Waals surface area contributed by atoms with Crippen LogP contribution < -0.4 is 16.0 Å². The number of amides is 1. The Morgan fingerprint density at radius 3 is 2.80 bits per heavy atom. The van der Waals surface area contributed by atoms with Gasteiger partial charge >= 0.3 is 0 Å². The van der Waals surface area contributed by atoms with Gasteiger partial charge in [-0.1, -0.05) is 18.2 Å². The summed E-state index contributed by atoms with van der Waals surface area (Å²) in [5.41, 5.74) is 3.21. The van der Waals surface area contributed by atoms with Gasteiger partial charge in [0.2, 0.25) is 5.95 Å². The lowest BCUT2D eigenvalue weighted by atomic mass is 10.1. The fraction of sp³-hybridized carbons (Fsp3) is 0.310. The summed E-state index contributed by atoms with van der Waals surface area (Å²) in [5.74, 6) is 1.67. The Balaban J connectivity index is 1.24. The Kier molecular flexibility index (Phi) is 8.94. The number of hydrogen-bond acceptors (Lipinski definition) is 8. The number of ether oxygens (including phenoxy) is 1. The molecule has 0 aliphatic carbocycles. The van der Waals surface area contributed by atoms with Crippen molar-refractivity contribution in [1.29, 1.82) is 0 Å². The van der Waals surface area contributed by atoms with Gasteiger partial charge in [0, 0.05) is 55.0 Å². The maximum atomic E-state index is 13.0. The van der Waals surface area contributed by atoms with Crippen LogP contribution >= 0.6 is 0 Å². The summed E-state index contributed by atoms with van der Waals surface area (Å²) >= 11 is 0. The summed E-state index contributed by atoms with van der Waals surface area (Å²) in [5, 5.41) is 9.63. The van der Waals surface area contributed by atoms with Crippen LogP contribution in [0.4, 0.5) is 27.5 Å². The van der Waals surface area contributed by atoms with Crippen LogP contribution in [-0.4, -0.2) is 69.7 Å². The minimum Gasteiger partial charge on any atom is -0.379 e. The first kappa shape index (κ1) is 27.2. The number of nitrogens with one attached hydrogen (secondary N) is 3. The van der Waals surface area contributed by atoms with Crippen LogP contribution in [0.3, 0.4) is 0 Å². The number of hydrogen-bond donors (Lipinski definition) is 3. The number of nitrogens with zero attached hydrogens (tertiary/aromatic N) is 5. The van der Waals surface area contributed by atoms with Gasteiger partial charge in [-0.3, -0.25) is 14.3 Å². The van der Waals surface area contributed by atoms with E-state index in [2.05, 4.69) is 35.8 Å². The van der Waals surface area contributed by atoms with Gasteiger partial charge in [0.1, 0.15) is 24.6 Å². The van der Waals surface area contributed by atoms with Crippen LogP contribution in [0.25, 0.3) is 5.82 Å². The van der Waals surface area contributed by atoms with E-state index in [0.717, 1.165) is 62.9 Å². The predicted molar refractivity (Wildman–Crippen MR) is 153 cm³/mol. The predicted octanol–water partition coefficient (Wildman–Crippen LogP) is 4.57. The summed E-state index contributed by atoms with van der Waals surface area (Å²) < 4.78 is 20.3. The standard InChI is InChI=1S/C29H33FN8O2/c1-21-6-7-24(35-28(39)23-5-2-4-22(16-23)19-30)17-25(21)36-29-32-9-11-38(29)27-18-26(33-20-34-27)31-8-3-10-37-12-14-40-15-13-37/h2,4-7,9,11,16-18,20H,3,8,10,12-15,19H2,1H3,(H,32,36)(H,35,39)(H,31,33,34). The van der Waals surface area contributed by atoms with Crippen LogP contribution in [-0.2, 0) is 11.4 Å². The van der Waals surface area contributed by atoms with Crippen molar-refractivity contribution < 1.29 is 13.9 Å². The van der Waals surface area contributed by atoms with Gasteiger partial charge in [0.05, 0.1) is 13.2 Å². The second-order valence-electron chi connectivity index (χ2n) is 9.56. The van der Waals surface area contributed by atoms with E-state index in [1.807, 2.05) is 42.0 Å². The van der Waals surface area contributed by atoms with Crippen molar-refractivity contribution in [2.45, 2.75) is 20.0 Å². The number of benzene rings is 2. The molecule has 0 atom stereocenters. The van der Waals surface area contributed by atoms with Crippen molar-refractivity contribution in [3.8, 4) is 5.82 Å². The number of anilines is 4. The minimum atomic E-state index is -0.620. The third-order valence-corrected chi connectivity index (χ3v) is 6.69. The second kappa shape index (κ2) is 13.1. The maximum absolute atomic E-state index is 13.0. The van der Waals surface area contributed by atoms with E-state index in [9.17, 15) is 9.18 Å². The van der Waals surface area contributed by atoms with Crippen LogP contribution in [0.1, 0.15) is 27.9 Å². The quantitative estimate of drug-likeness (QED) is 0.236. The van der Waals surface area contributed by atoms with E-state index in [-0.39, 0.29) is 5.91 Å². The third kappa shape index (κ3) is 6.99. The number of aromatic nitrogens is 4. The zero-order chi connectivity index (χ0) is 27.7. The third-order valence-electron chi connectivity index (χ3n) is 6.69. The molecule has 0 radical (unpaired) electrons. The number of rotatable bonds is 11. The van der Waals surface area contributed by atoms with Crippen molar-refractivity contribution in [1.82, 2.24) is 24.4 Å². The topological polar surface area (TPSA) is 109 Å². The van der Waals surface area contributed by atoms with E-state index < -0.39 is 6.67 Å². The van der Waals surface area contributed by atoms with Crippen molar-refractivity contribution in [2.75, 3.05) is 55.3 Å². The van der Waals surface area contributed by atoms with Crippen LogP contribution in [0.15, 0.2) is 67.3 Å². The van der Waals surface area contributed by atoms with Crippen molar-refractivity contribution >= 4 is 29.0 Å². The first-order chi connectivity index (χ1) is 19.6. The largest absolute Gasteiger partial charge is 0.379 e. The molecule has 208 valence electrons. The monoisotopic (exact) mass is 544 g/mol. The number of carbonyl (C=O) groups is 1. The molecule has 5 rings (SSSR count). The van der Waals surface area contributed by atoms with Crippen LogP contribution in [0.5, 0.6) is 0 Å². The average molecular weight is 545 g/mol. The first-order valence-corrected chi connectivity index (χ1v) is 13.3. The molecular formula is C29H33FN8O2. The maximum Gasteiger partial charge on any atom is 0.255 e. The lowest BCUT2D eigenvalue weighted by Gasteiger charge is -2.26. The van der Waals surface area contributed by atoms with Gasteiger partial charge in [-0.25, -0.2) is 19.3 Å². The molecule has 10 nitrogen and oxygen atoms in total. The molecule has 2 aromatic carbocycles. The number of morpholine rings is 1. The van der Waals surface area contributed by atoms with Crippen molar-refractivity contribution in [3.05, 3.63) is 83.9 Å². The highest BCUT2D eigenvalue weighted by Gasteiger charge is 2.13. The molecule has 1 fully saturated rings. The van der Waals surface area contributed by atoms with E-state index in [0.29, 0.717) is 28.6 Å². The molecule has 1 amide bonds. The number of imidazole rings is 1. The van der Waals surface area contributed by atoms with Gasteiger partial charge in [-0.05, 0) is 55.3 Å². The average Bonchev–Trinajstić information content (AvgIpc) is 3.46. The van der Waals surface area contributed by atoms with Crippen LogP contribution in [0, 0.1) is 6.92 Å². The Morgan fingerprint density at radius 2 is 1.95 bits per heavy atom. The fourth-order valence-electron chi connectivity index (χ4n) is 4.45. The number of aryl methyl sites for hydroxylation is 1. The van der Waals surface area contributed by atoms with Gasteiger partial charge in [0.25, 0.3) is 5.91 Å². The molecule has 1 saturated heterocycles. The first-order valence-electron chi connectivity index (χ1n) is 13.3. The molecule has 3 N–H and O–H groups in total. The molecule has 2 aromatic heterocycles. The van der Waals surface area contributed by atoms with Crippen LogP contribution in [0.2, 0.25) is 0 Å². The molecule has 0 bridgehead atoms. The minimum absolute atomic E-state index is 0.308. The van der Waals surface area contributed by atoms with E-state index in [1.165, 1.54) is 6.33 Å². The highest BCUT2D eigenvalue weighted by molar-refractivity contribution is 6.04. The Labute approximate surface area is 232 Å². The highest BCUT2D eigenvalue weighted by atomic mass is 19.1. The molecular weight excluding hydrogens is 511 g/mol. The molecule has 1 aliphatic heterocycles. The smallest absolute Gasteiger partial charge is 0.255 e. The molecule has 11 heteroatoms. The summed E-state index contributed by atoms with van der Waals surface area (Å²) in [6.45, 7) is 6.75. The molecule has 1 aliphatic rings. The fourth-order valence-corrected chi connectivity index (χ4v) is 4.45. The summed E-state index contributed by atoms with van der Waals surface area (Å²) in [7, 11) is 0. The van der Waals surface area contributed by atoms with Gasteiger partial charge < -0.3 is 20.7 Å². The Hall–Kier alpha value is -4.35.